The summed E-state index contributed by atoms with van der Waals surface area (Å²) in [5, 5.41) is 0. The van der Waals surface area contributed by atoms with Crippen molar-refractivity contribution in [1.82, 2.24) is 0 Å². The van der Waals surface area contributed by atoms with Crippen molar-refractivity contribution < 1.29 is 0 Å². The van der Waals surface area contributed by atoms with Crippen LogP contribution in [0.3, 0.4) is 0 Å². The summed E-state index contributed by atoms with van der Waals surface area (Å²) in [6.07, 6.45) is 26.5. The summed E-state index contributed by atoms with van der Waals surface area (Å²) in [4.78, 5) is 0. The number of allylic oxidation sites excluding steroid dienone is 10. The highest BCUT2D eigenvalue weighted by molar-refractivity contribution is 5.07. The molecule has 1 aliphatic rings. The fourth-order valence-corrected chi connectivity index (χ4v) is 1.15. The van der Waals surface area contributed by atoms with Gasteiger partial charge >= 0.3 is 0 Å². The van der Waals surface area contributed by atoms with E-state index >= 15 is 0 Å². The predicted octanol–water partition coefficient (Wildman–Crippen LogP) is 4.14. The summed E-state index contributed by atoms with van der Waals surface area (Å²) < 4.78 is 0. The lowest BCUT2D eigenvalue weighted by Crippen LogP contribution is -1.66. The summed E-state index contributed by atoms with van der Waals surface area (Å²) in [6.45, 7) is 0. The minimum atomic E-state index is 0.980. The van der Waals surface area contributed by atoms with Gasteiger partial charge in [0.25, 0.3) is 0 Å². The van der Waals surface area contributed by atoms with Gasteiger partial charge in [0.05, 0.1) is 0 Å². The van der Waals surface area contributed by atoms with Crippen LogP contribution >= 0.6 is 0 Å². The van der Waals surface area contributed by atoms with Gasteiger partial charge in [0.2, 0.25) is 0 Å². The van der Waals surface area contributed by atoms with Crippen LogP contribution in [0, 0.1) is 6.08 Å². The first-order valence-corrected chi connectivity index (χ1v) is 5.19. The Morgan fingerprint density at radius 3 is 2.50 bits per heavy atom. The Balaban J connectivity index is 2.45. The van der Waals surface area contributed by atoms with Gasteiger partial charge in [-0.25, -0.2) is 0 Å². The van der Waals surface area contributed by atoms with Crippen LogP contribution in [-0.2, 0) is 0 Å². The van der Waals surface area contributed by atoms with Crippen molar-refractivity contribution in [2.24, 2.45) is 0 Å². The SMILES string of the molecule is [C]1=C/C/C=C\C/C=C\C=C\CC/C=C/1. The summed E-state index contributed by atoms with van der Waals surface area (Å²) in [5.74, 6) is 0. The average Bonchev–Trinajstić information content (AvgIpc) is 2.22. The molecule has 0 nitrogen and oxygen atoms in total. The lowest BCUT2D eigenvalue weighted by Gasteiger charge is -1.86. The molecule has 14 heavy (non-hydrogen) atoms. The second-order valence-electron chi connectivity index (χ2n) is 3.15. The maximum Gasteiger partial charge on any atom is -0.0160 e. The Morgan fingerprint density at radius 1 is 0.714 bits per heavy atom. The van der Waals surface area contributed by atoms with Crippen molar-refractivity contribution in [3.05, 3.63) is 60.8 Å². The van der Waals surface area contributed by atoms with Crippen LogP contribution in [0.1, 0.15) is 25.7 Å². The molecule has 0 aromatic carbocycles. The molecular formula is C14H17. The van der Waals surface area contributed by atoms with E-state index < -0.39 is 0 Å². The Hall–Kier alpha value is -1.30. The molecule has 0 saturated heterocycles. The first-order chi connectivity index (χ1) is 7.00. The molecule has 0 aliphatic heterocycles. The van der Waals surface area contributed by atoms with Crippen LogP contribution in [0.2, 0.25) is 0 Å². The zero-order chi connectivity index (χ0) is 9.90. The summed E-state index contributed by atoms with van der Waals surface area (Å²) in [5.41, 5.74) is 0. The Bertz CT molecular complexity index is 234. The summed E-state index contributed by atoms with van der Waals surface area (Å²) in [7, 11) is 0. The van der Waals surface area contributed by atoms with Crippen LogP contribution < -0.4 is 0 Å². The normalized spacial score (nSPS) is 29.7. The van der Waals surface area contributed by atoms with E-state index in [4.69, 9.17) is 0 Å². The van der Waals surface area contributed by atoms with E-state index in [0.717, 1.165) is 25.7 Å². The van der Waals surface area contributed by atoms with Gasteiger partial charge in [-0.15, -0.1) is 0 Å². The third kappa shape index (κ3) is 6.24. The fourth-order valence-electron chi connectivity index (χ4n) is 1.15. The smallest absolute Gasteiger partial charge is 0.0160 e. The molecule has 0 aromatic rings. The Labute approximate surface area is 87.0 Å². The van der Waals surface area contributed by atoms with Crippen molar-refractivity contribution in [1.29, 1.82) is 0 Å². The highest BCUT2D eigenvalue weighted by atomic mass is 13.8. The van der Waals surface area contributed by atoms with Crippen LogP contribution in [0.5, 0.6) is 0 Å². The van der Waals surface area contributed by atoms with E-state index in [9.17, 15) is 0 Å². The molecule has 0 amide bonds. The minimum Gasteiger partial charge on any atom is -0.0844 e. The zero-order valence-electron chi connectivity index (χ0n) is 8.52. The van der Waals surface area contributed by atoms with Gasteiger partial charge in [-0.3, -0.25) is 0 Å². The maximum atomic E-state index is 3.14. The standard InChI is InChI=1S/C14H17/c1-2-4-6-8-10-12-14-13-11-9-7-5-3-1/h1-4,7,9-10,12-13H,5-6,8,11H2/b3-1-,4-2+,9-7-,12-10+,14-13?. The molecule has 0 fully saturated rings. The van der Waals surface area contributed by atoms with Crippen molar-refractivity contribution in [3.63, 3.8) is 0 Å². The van der Waals surface area contributed by atoms with Gasteiger partial charge < -0.3 is 0 Å². The van der Waals surface area contributed by atoms with E-state index in [2.05, 4.69) is 54.7 Å². The molecular weight excluding hydrogens is 168 g/mol. The van der Waals surface area contributed by atoms with Gasteiger partial charge in [-0.1, -0.05) is 54.7 Å². The van der Waals surface area contributed by atoms with Gasteiger partial charge in [0.1, 0.15) is 0 Å². The molecule has 0 N–H and O–H groups in total. The summed E-state index contributed by atoms with van der Waals surface area (Å²) in [6, 6.07) is 0. The lowest BCUT2D eigenvalue weighted by atomic mass is 10.2. The largest absolute Gasteiger partial charge is 0.0844 e. The van der Waals surface area contributed by atoms with Crippen LogP contribution in [0.15, 0.2) is 54.7 Å². The second-order valence-corrected chi connectivity index (χ2v) is 3.15. The quantitative estimate of drug-likeness (QED) is 0.497. The fraction of sp³-hybridized carbons (Fsp3) is 0.286. The van der Waals surface area contributed by atoms with E-state index in [1.165, 1.54) is 0 Å². The maximum absolute atomic E-state index is 3.14. The van der Waals surface area contributed by atoms with E-state index in [-0.39, 0.29) is 0 Å². The minimum absolute atomic E-state index is 0.980. The highest BCUT2D eigenvalue weighted by Gasteiger charge is 1.76. The van der Waals surface area contributed by atoms with Gasteiger partial charge in [0.15, 0.2) is 0 Å². The molecule has 0 heteroatoms. The topological polar surface area (TPSA) is 0 Å². The first kappa shape index (κ1) is 10.8. The van der Waals surface area contributed by atoms with Crippen LogP contribution in [0.4, 0.5) is 0 Å². The van der Waals surface area contributed by atoms with Crippen LogP contribution in [-0.4, -0.2) is 0 Å². The van der Waals surface area contributed by atoms with E-state index in [1.807, 2.05) is 6.08 Å². The molecule has 1 rings (SSSR count). The molecule has 0 atom stereocenters. The average molecular weight is 185 g/mol. The monoisotopic (exact) mass is 185 g/mol. The van der Waals surface area contributed by atoms with Crippen molar-refractivity contribution >= 4 is 0 Å². The molecule has 0 aromatic heterocycles. The Kier molecular flexibility index (Phi) is 6.39. The number of rotatable bonds is 0. The van der Waals surface area contributed by atoms with E-state index in [1.54, 1.807) is 0 Å². The Morgan fingerprint density at radius 2 is 1.50 bits per heavy atom. The van der Waals surface area contributed by atoms with Crippen molar-refractivity contribution in [2.75, 3.05) is 0 Å². The molecule has 1 radical (unpaired) electrons. The van der Waals surface area contributed by atoms with Crippen molar-refractivity contribution in [3.8, 4) is 0 Å². The third-order valence-electron chi connectivity index (χ3n) is 1.91. The number of hydrogen-bond donors (Lipinski definition) is 0. The molecule has 0 heterocycles. The molecule has 0 saturated carbocycles. The first-order valence-electron chi connectivity index (χ1n) is 5.19. The molecule has 1 aliphatic carbocycles. The third-order valence-corrected chi connectivity index (χ3v) is 1.91. The van der Waals surface area contributed by atoms with Crippen molar-refractivity contribution in [2.45, 2.75) is 25.7 Å². The lowest BCUT2D eigenvalue weighted by molar-refractivity contribution is 1.05. The van der Waals surface area contributed by atoms with Gasteiger partial charge in [-0.2, -0.15) is 0 Å². The molecule has 0 unspecified atom stereocenters. The molecule has 0 bridgehead atoms. The zero-order valence-corrected chi connectivity index (χ0v) is 8.52. The predicted molar refractivity (Wildman–Crippen MR) is 62.8 cm³/mol. The molecule has 73 valence electrons. The summed E-state index contributed by atoms with van der Waals surface area (Å²) >= 11 is 0. The number of hydrogen-bond acceptors (Lipinski definition) is 0. The molecule has 0 spiro atoms. The highest BCUT2D eigenvalue weighted by Crippen LogP contribution is 1.96. The second kappa shape index (κ2) is 8.31. The van der Waals surface area contributed by atoms with Gasteiger partial charge in [-0.05, 0) is 31.8 Å². The van der Waals surface area contributed by atoms with Crippen LogP contribution in [0.25, 0.3) is 0 Å². The van der Waals surface area contributed by atoms with E-state index in [0.29, 0.717) is 0 Å². The van der Waals surface area contributed by atoms with Gasteiger partial charge in [0, 0.05) is 0 Å².